The van der Waals surface area contributed by atoms with Crippen molar-refractivity contribution in [3.05, 3.63) is 0 Å². The monoisotopic (exact) mass is 301 g/mol. The molecule has 1 heterocycles. The molecule has 1 aliphatic rings. The van der Waals surface area contributed by atoms with Gasteiger partial charge in [-0.25, -0.2) is 9.59 Å². The Bertz CT molecular complexity index is 401. The number of nitrogens with zero attached hydrogens (tertiary/aromatic N) is 2. The standard InChI is InChI=1S/C13H23N3O5/c1-4-14-11(17)8-15(5-2)13(20)16-7-9(21-3)6-10(16)12(18)19/h9-10H,4-8H2,1-3H3,(H,14,17)(H,18,19). The highest BCUT2D eigenvalue weighted by Gasteiger charge is 2.41. The summed E-state index contributed by atoms with van der Waals surface area (Å²) in [5, 5.41) is 11.8. The number of rotatable bonds is 6. The van der Waals surface area contributed by atoms with Crippen molar-refractivity contribution in [2.24, 2.45) is 0 Å². The van der Waals surface area contributed by atoms with Crippen LogP contribution < -0.4 is 5.32 Å². The van der Waals surface area contributed by atoms with Crippen molar-refractivity contribution < 1.29 is 24.2 Å². The lowest BCUT2D eigenvalue weighted by atomic mass is 10.2. The second-order valence-corrected chi connectivity index (χ2v) is 4.85. The molecule has 0 aromatic carbocycles. The summed E-state index contributed by atoms with van der Waals surface area (Å²) in [6.45, 7) is 4.49. The summed E-state index contributed by atoms with van der Waals surface area (Å²) in [5.74, 6) is -1.32. The van der Waals surface area contributed by atoms with Gasteiger partial charge in [-0.3, -0.25) is 4.79 Å². The van der Waals surface area contributed by atoms with Gasteiger partial charge in [0.05, 0.1) is 6.10 Å². The number of carboxylic acid groups (broad SMARTS) is 1. The number of carboxylic acids is 1. The fourth-order valence-electron chi connectivity index (χ4n) is 2.34. The number of methoxy groups -OCH3 is 1. The number of hydrogen-bond donors (Lipinski definition) is 2. The predicted octanol–water partition coefficient (Wildman–Crippen LogP) is -0.262. The van der Waals surface area contributed by atoms with E-state index in [0.717, 1.165) is 0 Å². The molecule has 0 aromatic rings. The third-order valence-corrected chi connectivity index (χ3v) is 3.49. The van der Waals surface area contributed by atoms with Crippen LogP contribution in [0.2, 0.25) is 0 Å². The van der Waals surface area contributed by atoms with Gasteiger partial charge < -0.3 is 25.0 Å². The molecule has 1 fully saturated rings. The van der Waals surface area contributed by atoms with Crippen LogP contribution in [-0.4, -0.2) is 78.2 Å². The van der Waals surface area contributed by atoms with Crippen molar-refractivity contribution in [1.29, 1.82) is 0 Å². The smallest absolute Gasteiger partial charge is 0.326 e. The van der Waals surface area contributed by atoms with Crippen LogP contribution in [-0.2, 0) is 14.3 Å². The normalized spacial score (nSPS) is 21.2. The molecule has 1 saturated heterocycles. The summed E-state index contributed by atoms with van der Waals surface area (Å²) in [4.78, 5) is 37.9. The van der Waals surface area contributed by atoms with Crippen molar-refractivity contribution in [3.8, 4) is 0 Å². The Kier molecular flexibility index (Phi) is 6.41. The van der Waals surface area contributed by atoms with Gasteiger partial charge in [-0.2, -0.15) is 0 Å². The summed E-state index contributed by atoms with van der Waals surface area (Å²) in [6, 6.07) is -1.36. The van der Waals surface area contributed by atoms with Gasteiger partial charge >= 0.3 is 12.0 Å². The molecule has 21 heavy (non-hydrogen) atoms. The van der Waals surface area contributed by atoms with Gasteiger partial charge in [-0.15, -0.1) is 0 Å². The maximum absolute atomic E-state index is 12.4. The molecule has 0 saturated carbocycles. The highest BCUT2D eigenvalue weighted by atomic mass is 16.5. The first kappa shape index (κ1) is 17.2. The SMILES string of the molecule is CCNC(=O)CN(CC)C(=O)N1CC(OC)CC1C(=O)O. The molecule has 0 bridgehead atoms. The highest BCUT2D eigenvalue weighted by Crippen LogP contribution is 2.21. The second-order valence-electron chi connectivity index (χ2n) is 4.85. The Balaban J connectivity index is 2.77. The highest BCUT2D eigenvalue weighted by molar-refractivity contribution is 5.87. The second kappa shape index (κ2) is 7.82. The predicted molar refractivity (Wildman–Crippen MR) is 74.9 cm³/mol. The average molecular weight is 301 g/mol. The van der Waals surface area contributed by atoms with E-state index < -0.39 is 18.0 Å². The molecule has 8 nitrogen and oxygen atoms in total. The Morgan fingerprint density at radius 1 is 1.38 bits per heavy atom. The van der Waals surface area contributed by atoms with Crippen LogP contribution in [0.1, 0.15) is 20.3 Å². The molecule has 2 N–H and O–H groups in total. The van der Waals surface area contributed by atoms with Crippen LogP contribution in [0.5, 0.6) is 0 Å². The van der Waals surface area contributed by atoms with Gasteiger partial charge in [0.1, 0.15) is 12.6 Å². The largest absolute Gasteiger partial charge is 0.480 e. The zero-order chi connectivity index (χ0) is 16.0. The van der Waals surface area contributed by atoms with Crippen molar-refractivity contribution >= 4 is 17.9 Å². The Morgan fingerprint density at radius 3 is 2.52 bits per heavy atom. The Hall–Kier alpha value is -1.83. The molecule has 0 aliphatic carbocycles. The van der Waals surface area contributed by atoms with E-state index in [1.807, 2.05) is 0 Å². The molecule has 1 aliphatic heterocycles. The van der Waals surface area contributed by atoms with Crippen molar-refractivity contribution in [1.82, 2.24) is 15.1 Å². The number of likely N-dealkylation sites (N-methyl/N-ethyl adjacent to an activating group) is 2. The number of aliphatic carboxylic acids is 1. The molecule has 0 spiro atoms. The van der Waals surface area contributed by atoms with E-state index in [1.54, 1.807) is 13.8 Å². The molecule has 3 amide bonds. The minimum absolute atomic E-state index is 0.0797. The van der Waals surface area contributed by atoms with Crippen molar-refractivity contribution in [3.63, 3.8) is 0 Å². The van der Waals surface area contributed by atoms with Crippen LogP contribution in [0.25, 0.3) is 0 Å². The molecule has 8 heteroatoms. The van der Waals surface area contributed by atoms with Crippen LogP contribution in [0.3, 0.4) is 0 Å². The van der Waals surface area contributed by atoms with Crippen molar-refractivity contribution in [2.45, 2.75) is 32.4 Å². The molecule has 1 rings (SSSR count). The third-order valence-electron chi connectivity index (χ3n) is 3.49. The van der Waals surface area contributed by atoms with E-state index >= 15 is 0 Å². The number of likely N-dealkylation sites (tertiary alicyclic amines) is 1. The number of hydrogen-bond acceptors (Lipinski definition) is 4. The number of nitrogens with one attached hydrogen (secondary N) is 1. The molecular formula is C13H23N3O5. The van der Waals surface area contributed by atoms with Crippen LogP contribution in [0, 0.1) is 0 Å². The lowest BCUT2D eigenvalue weighted by Gasteiger charge is -2.29. The molecule has 120 valence electrons. The van der Waals surface area contributed by atoms with E-state index in [4.69, 9.17) is 4.74 Å². The summed E-state index contributed by atoms with van der Waals surface area (Å²) in [6.07, 6.45) is -0.0331. The number of carbonyl (C=O) groups excluding carboxylic acids is 2. The quantitative estimate of drug-likeness (QED) is 0.704. The maximum atomic E-state index is 12.4. The first-order valence-electron chi connectivity index (χ1n) is 7.02. The molecule has 2 atom stereocenters. The summed E-state index contributed by atoms with van der Waals surface area (Å²) < 4.78 is 5.15. The van der Waals surface area contributed by atoms with Gasteiger partial charge in [0.2, 0.25) is 5.91 Å². The molecule has 0 radical (unpaired) electrons. The average Bonchev–Trinajstić information content (AvgIpc) is 2.88. The number of urea groups is 1. The van der Waals surface area contributed by atoms with Crippen molar-refractivity contribution in [2.75, 3.05) is 33.3 Å². The van der Waals surface area contributed by atoms with E-state index in [-0.39, 0.29) is 31.5 Å². The maximum Gasteiger partial charge on any atom is 0.326 e. The molecule has 0 aromatic heterocycles. The van der Waals surface area contributed by atoms with E-state index in [9.17, 15) is 19.5 Å². The minimum Gasteiger partial charge on any atom is -0.480 e. The zero-order valence-corrected chi connectivity index (χ0v) is 12.7. The van der Waals surface area contributed by atoms with Gasteiger partial charge in [0.25, 0.3) is 0 Å². The Morgan fingerprint density at radius 2 is 2.05 bits per heavy atom. The number of ether oxygens (including phenoxy) is 1. The Labute approximate surface area is 124 Å². The first-order valence-corrected chi connectivity index (χ1v) is 7.02. The lowest BCUT2D eigenvalue weighted by molar-refractivity contribution is -0.141. The van der Waals surface area contributed by atoms with E-state index in [1.165, 1.54) is 16.9 Å². The van der Waals surface area contributed by atoms with Crippen LogP contribution >= 0.6 is 0 Å². The van der Waals surface area contributed by atoms with Gasteiger partial charge in [-0.1, -0.05) is 0 Å². The fraction of sp³-hybridized carbons (Fsp3) is 0.769. The van der Waals surface area contributed by atoms with E-state index in [0.29, 0.717) is 13.1 Å². The minimum atomic E-state index is -1.06. The van der Waals surface area contributed by atoms with Gasteiger partial charge in [-0.05, 0) is 13.8 Å². The van der Waals surface area contributed by atoms with Gasteiger partial charge in [0.15, 0.2) is 0 Å². The summed E-state index contributed by atoms with van der Waals surface area (Å²) in [7, 11) is 1.49. The fourth-order valence-corrected chi connectivity index (χ4v) is 2.34. The van der Waals surface area contributed by atoms with Gasteiger partial charge in [0, 0.05) is 33.2 Å². The summed E-state index contributed by atoms with van der Waals surface area (Å²) in [5.41, 5.74) is 0. The lowest BCUT2D eigenvalue weighted by Crippen LogP contribution is -2.50. The first-order chi connectivity index (χ1) is 9.94. The summed E-state index contributed by atoms with van der Waals surface area (Å²) >= 11 is 0. The zero-order valence-electron chi connectivity index (χ0n) is 12.7. The topological polar surface area (TPSA) is 99.2 Å². The van der Waals surface area contributed by atoms with Crippen LogP contribution in [0.15, 0.2) is 0 Å². The molecular weight excluding hydrogens is 278 g/mol. The van der Waals surface area contributed by atoms with Crippen LogP contribution in [0.4, 0.5) is 4.79 Å². The van der Waals surface area contributed by atoms with E-state index in [2.05, 4.69) is 5.32 Å². The molecule has 2 unspecified atom stereocenters. The number of carbonyl (C=O) groups is 3. The number of amides is 3. The third kappa shape index (κ3) is 4.32.